The Hall–Kier alpha value is -3.48. The molecule has 0 spiro atoms. The molecular formula is C27H28N6O. The first-order chi connectivity index (χ1) is 16.7. The number of fused-ring (bicyclic) bond motifs is 3. The number of pyridine rings is 1. The lowest BCUT2D eigenvalue weighted by atomic mass is 9.88. The van der Waals surface area contributed by atoms with E-state index in [4.69, 9.17) is 9.72 Å². The first-order valence-corrected chi connectivity index (χ1v) is 12.4. The summed E-state index contributed by atoms with van der Waals surface area (Å²) in [6, 6.07) is 8.63. The first kappa shape index (κ1) is 19.9. The molecule has 1 aromatic carbocycles. The van der Waals surface area contributed by atoms with Crippen molar-refractivity contribution in [3.05, 3.63) is 59.4 Å². The molecule has 1 aliphatic heterocycles. The Bertz CT molecular complexity index is 1390. The predicted octanol–water partition coefficient (Wildman–Crippen LogP) is 4.82. The number of aromatic nitrogens is 5. The number of benzene rings is 1. The number of nitrogens with zero attached hydrogens (tertiary/aromatic N) is 5. The minimum Gasteiger partial charge on any atom is -0.491 e. The van der Waals surface area contributed by atoms with Gasteiger partial charge < -0.3 is 14.6 Å². The summed E-state index contributed by atoms with van der Waals surface area (Å²) in [7, 11) is 0. The van der Waals surface area contributed by atoms with Crippen LogP contribution in [0.15, 0.2) is 36.8 Å². The molecule has 7 nitrogen and oxygen atoms in total. The molecule has 172 valence electrons. The molecule has 0 saturated heterocycles. The van der Waals surface area contributed by atoms with Gasteiger partial charge >= 0.3 is 0 Å². The van der Waals surface area contributed by atoms with E-state index in [2.05, 4.69) is 56.0 Å². The molecule has 1 saturated carbocycles. The highest BCUT2D eigenvalue weighted by Crippen LogP contribution is 2.39. The van der Waals surface area contributed by atoms with Crippen molar-refractivity contribution in [3.8, 4) is 16.9 Å². The minimum atomic E-state index is 0.587. The number of aromatic amines is 1. The van der Waals surface area contributed by atoms with Crippen LogP contribution in [0.25, 0.3) is 22.3 Å². The molecule has 7 heteroatoms. The number of rotatable bonds is 3. The van der Waals surface area contributed by atoms with Crippen molar-refractivity contribution < 1.29 is 4.74 Å². The smallest absolute Gasteiger partial charge is 0.177 e. The maximum absolute atomic E-state index is 6.14. The van der Waals surface area contributed by atoms with Gasteiger partial charge in [0.25, 0.3) is 0 Å². The second kappa shape index (κ2) is 7.79. The van der Waals surface area contributed by atoms with Crippen LogP contribution in [0.3, 0.4) is 0 Å². The average molecular weight is 453 g/mol. The highest BCUT2D eigenvalue weighted by Gasteiger charge is 2.27. The fourth-order valence-corrected chi connectivity index (χ4v) is 5.35. The van der Waals surface area contributed by atoms with E-state index < -0.39 is 0 Å². The van der Waals surface area contributed by atoms with Crippen molar-refractivity contribution in [2.75, 3.05) is 18.1 Å². The molecule has 3 aliphatic rings. The van der Waals surface area contributed by atoms with Crippen LogP contribution in [-0.2, 0) is 19.4 Å². The highest BCUT2D eigenvalue weighted by molar-refractivity contribution is 5.78. The number of H-pyrrole nitrogens is 1. The lowest BCUT2D eigenvalue weighted by Crippen LogP contribution is -2.29. The summed E-state index contributed by atoms with van der Waals surface area (Å²) in [5.41, 5.74) is 7.75. The SMILES string of the molecule is CC1CCc2c(ncnc2N2CCOc3ccc(-c4cnc5nc(C6CC6)[nH]c5c4)cc3C2)C1. The molecule has 34 heavy (non-hydrogen) atoms. The van der Waals surface area contributed by atoms with Crippen LogP contribution in [0.2, 0.25) is 0 Å². The topological polar surface area (TPSA) is 79.8 Å². The molecule has 0 bridgehead atoms. The van der Waals surface area contributed by atoms with E-state index in [9.17, 15) is 0 Å². The zero-order valence-corrected chi connectivity index (χ0v) is 19.4. The van der Waals surface area contributed by atoms with Gasteiger partial charge in [-0.3, -0.25) is 0 Å². The van der Waals surface area contributed by atoms with Gasteiger partial charge in [-0.2, -0.15) is 0 Å². The Labute approximate surface area is 198 Å². The fraction of sp³-hybridized carbons (Fsp3) is 0.407. The van der Waals surface area contributed by atoms with Crippen molar-refractivity contribution in [1.29, 1.82) is 0 Å². The van der Waals surface area contributed by atoms with Crippen molar-refractivity contribution in [3.63, 3.8) is 0 Å². The van der Waals surface area contributed by atoms with E-state index in [0.717, 1.165) is 65.6 Å². The van der Waals surface area contributed by atoms with Gasteiger partial charge in [-0.15, -0.1) is 0 Å². The number of anilines is 1. The van der Waals surface area contributed by atoms with Gasteiger partial charge in [0.2, 0.25) is 0 Å². The van der Waals surface area contributed by atoms with Gasteiger partial charge in [0.1, 0.15) is 30.3 Å². The summed E-state index contributed by atoms with van der Waals surface area (Å²) < 4.78 is 6.14. The second-order valence-corrected chi connectivity index (χ2v) is 10.1. The first-order valence-electron chi connectivity index (χ1n) is 12.4. The average Bonchev–Trinajstić information content (AvgIpc) is 3.65. The molecular weight excluding hydrogens is 424 g/mol. The lowest BCUT2D eigenvalue weighted by Gasteiger charge is -2.28. The molecule has 4 heterocycles. The van der Waals surface area contributed by atoms with Crippen LogP contribution in [-0.4, -0.2) is 38.1 Å². The van der Waals surface area contributed by atoms with Crippen molar-refractivity contribution in [2.24, 2.45) is 5.92 Å². The Morgan fingerprint density at radius 3 is 2.91 bits per heavy atom. The van der Waals surface area contributed by atoms with E-state index in [1.165, 1.54) is 36.1 Å². The molecule has 1 atom stereocenters. The Morgan fingerprint density at radius 2 is 2.00 bits per heavy atom. The van der Waals surface area contributed by atoms with Gasteiger partial charge in [-0.05, 0) is 61.8 Å². The van der Waals surface area contributed by atoms with Crippen molar-refractivity contribution in [1.82, 2.24) is 24.9 Å². The number of imidazole rings is 1. The van der Waals surface area contributed by atoms with E-state index in [-0.39, 0.29) is 0 Å². The highest BCUT2D eigenvalue weighted by atomic mass is 16.5. The molecule has 0 amide bonds. The molecule has 7 rings (SSSR count). The molecule has 1 fully saturated rings. The maximum atomic E-state index is 6.14. The summed E-state index contributed by atoms with van der Waals surface area (Å²) in [6.45, 7) is 4.54. The molecule has 3 aromatic heterocycles. The number of hydrogen-bond donors (Lipinski definition) is 1. The van der Waals surface area contributed by atoms with E-state index in [0.29, 0.717) is 18.4 Å². The van der Waals surface area contributed by atoms with Crippen molar-refractivity contribution in [2.45, 2.75) is 51.5 Å². The van der Waals surface area contributed by atoms with Crippen LogP contribution >= 0.6 is 0 Å². The van der Waals surface area contributed by atoms with Crippen LogP contribution in [0.1, 0.15) is 54.7 Å². The Morgan fingerprint density at radius 1 is 1.06 bits per heavy atom. The van der Waals surface area contributed by atoms with Gasteiger partial charge in [-0.1, -0.05) is 13.0 Å². The second-order valence-electron chi connectivity index (χ2n) is 10.1. The molecule has 4 aromatic rings. The Kier molecular flexibility index (Phi) is 4.57. The van der Waals surface area contributed by atoms with Crippen molar-refractivity contribution >= 4 is 17.0 Å². The summed E-state index contributed by atoms with van der Waals surface area (Å²) in [5, 5.41) is 0. The van der Waals surface area contributed by atoms with Gasteiger partial charge in [0.15, 0.2) is 5.65 Å². The third-order valence-electron chi connectivity index (χ3n) is 7.43. The molecule has 1 N–H and O–H groups in total. The number of ether oxygens (including phenoxy) is 1. The number of nitrogens with one attached hydrogen (secondary N) is 1. The van der Waals surface area contributed by atoms with Crippen LogP contribution in [0, 0.1) is 5.92 Å². The van der Waals surface area contributed by atoms with Gasteiger partial charge in [-0.25, -0.2) is 19.9 Å². The monoisotopic (exact) mass is 452 g/mol. The normalized spacial score (nSPS) is 19.9. The van der Waals surface area contributed by atoms with E-state index in [1.54, 1.807) is 6.33 Å². The molecule has 2 aliphatic carbocycles. The van der Waals surface area contributed by atoms with Crippen LogP contribution < -0.4 is 9.64 Å². The fourth-order valence-electron chi connectivity index (χ4n) is 5.35. The third kappa shape index (κ3) is 3.50. The Balaban J connectivity index is 1.22. The summed E-state index contributed by atoms with van der Waals surface area (Å²) >= 11 is 0. The van der Waals surface area contributed by atoms with Crippen LogP contribution in [0.5, 0.6) is 5.75 Å². The standard InChI is InChI=1S/C27H28N6O/c1-16-2-6-21-22(10-16)29-15-30-27(21)33-8-9-34-24-7-5-18(11-20(24)14-33)19-12-23-26(28-13-19)32-25(31-23)17-3-4-17/h5,7,11-13,15-17H,2-4,6,8-10,14H2,1H3,(H,28,31,32). The predicted molar refractivity (Wildman–Crippen MR) is 131 cm³/mol. The molecule has 0 radical (unpaired) electrons. The summed E-state index contributed by atoms with van der Waals surface area (Å²) in [6.07, 6.45) is 9.40. The lowest BCUT2D eigenvalue weighted by molar-refractivity contribution is 0.331. The number of hydrogen-bond acceptors (Lipinski definition) is 6. The van der Waals surface area contributed by atoms with Gasteiger partial charge in [0, 0.05) is 41.0 Å². The zero-order chi connectivity index (χ0) is 22.6. The molecule has 1 unspecified atom stereocenters. The van der Waals surface area contributed by atoms with Crippen LogP contribution in [0.4, 0.5) is 5.82 Å². The summed E-state index contributed by atoms with van der Waals surface area (Å²) in [5.74, 6) is 4.38. The van der Waals surface area contributed by atoms with Gasteiger partial charge in [0.05, 0.1) is 12.1 Å². The minimum absolute atomic E-state index is 0.587. The third-order valence-corrected chi connectivity index (χ3v) is 7.43. The van der Waals surface area contributed by atoms with E-state index in [1.807, 2.05) is 6.20 Å². The summed E-state index contributed by atoms with van der Waals surface area (Å²) in [4.78, 5) is 24.5. The zero-order valence-electron chi connectivity index (χ0n) is 19.4. The maximum Gasteiger partial charge on any atom is 0.177 e. The largest absolute Gasteiger partial charge is 0.491 e. The quantitative estimate of drug-likeness (QED) is 0.480. The van der Waals surface area contributed by atoms with E-state index >= 15 is 0 Å².